The zero-order chi connectivity index (χ0) is 13.0. The van der Waals surface area contributed by atoms with E-state index in [-0.39, 0.29) is 0 Å². The van der Waals surface area contributed by atoms with Crippen molar-refractivity contribution in [2.45, 2.75) is 30.8 Å². The first-order chi connectivity index (χ1) is 8.69. The van der Waals surface area contributed by atoms with E-state index in [1.165, 1.54) is 0 Å². The normalized spacial score (nSPS) is 24.3. The minimum absolute atomic E-state index is 0.528. The quantitative estimate of drug-likeness (QED) is 0.830. The van der Waals surface area contributed by atoms with Gasteiger partial charge < -0.3 is 9.84 Å². The largest absolute Gasteiger partial charge is 0.497 e. The number of nitrogens with zero attached hydrogens (tertiary/aromatic N) is 1. The maximum Gasteiger partial charge on any atom is 0.118 e. The lowest BCUT2D eigenvalue weighted by Gasteiger charge is -2.32. The fourth-order valence-corrected chi connectivity index (χ4v) is 2.39. The van der Waals surface area contributed by atoms with Gasteiger partial charge in [-0.3, -0.25) is 0 Å². The van der Waals surface area contributed by atoms with Gasteiger partial charge >= 0.3 is 0 Å². The molecule has 0 bridgehead atoms. The molecule has 1 aromatic rings. The Labute approximate surface area is 107 Å². The van der Waals surface area contributed by atoms with E-state index in [1.54, 1.807) is 13.2 Å². The van der Waals surface area contributed by atoms with Crippen LogP contribution in [-0.4, -0.2) is 17.8 Å². The molecule has 3 nitrogen and oxygen atoms in total. The molecular formula is C15H17NO2. The van der Waals surface area contributed by atoms with Crippen LogP contribution in [0.1, 0.15) is 30.7 Å². The maximum absolute atomic E-state index is 10.6. The van der Waals surface area contributed by atoms with Gasteiger partial charge in [0.1, 0.15) is 17.3 Å². The number of aliphatic hydroxyl groups is 1. The molecule has 0 saturated carbocycles. The molecule has 0 aromatic heterocycles. The molecule has 0 saturated heterocycles. The lowest BCUT2D eigenvalue weighted by atomic mass is 9.77. The predicted octanol–water partition coefficient (Wildman–Crippen LogP) is 2.77. The van der Waals surface area contributed by atoms with Crippen LogP contribution in [0.25, 0.3) is 0 Å². The Hall–Kier alpha value is -1.79. The molecule has 3 heteroatoms. The third-order valence-corrected chi connectivity index (χ3v) is 3.43. The molecule has 94 valence electrons. The Morgan fingerprint density at radius 1 is 1.39 bits per heavy atom. The van der Waals surface area contributed by atoms with Gasteiger partial charge in [0.05, 0.1) is 13.2 Å². The van der Waals surface area contributed by atoms with E-state index in [4.69, 9.17) is 4.74 Å². The smallest absolute Gasteiger partial charge is 0.118 e. The van der Waals surface area contributed by atoms with E-state index in [0.29, 0.717) is 6.42 Å². The summed E-state index contributed by atoms with van der Waals surface area (Å²) >= 11 is 0. The van der Waals surface area contributed by atoms with E-state index < -0.39 is 11.5 Å². The third-order valence-electron chi connectivity index (χ3n) is 3.43. The lowest BCUT2D eigenvalue weighted by molar-refractivity contribution is 0.0621. The first kappa shape index (κ1) is 12.7. The van der Waals surface area contributed by atoms with Crippen molar-refractivity contribution in [2.75, 3.05) is 7.11 Å². The molecule has 18 heavy (non-hydrogen) atoms. The SMILES string of the molecule is COc1ccc(C(C#N)C2(O)C=CCCC2)cc1. The van der Waals surface area contributed by atoms with Crippen LogP contribution in [0, 0.1) is 11.3 Å². The van der Waals surface area contributed by atoms with E-state index in [2.05, 4.69) is 6.07 Å². The topological polar surface area (TPSA) is 53.2 Å². The summed E-state index contributed by atoms with van der Waals surface area (Å²) < 4.78 is 5.09. The molecular weight excluding hydrogens is 226 g/mol. The molecule has 1 aliphatic rings. The molecule has 0 spiro atoms. The number of allylic oxidation sites excluding steroid dienone is 1. The van der Waals surface area contributed by atoms with Gasteiger partial charge in [-0.05, 0) is 37.0 Å². The van der Waals surface area contributed by atoms with Crippen LogP contribution in [0.3, 0.4) is 0 Å². The molecule has 2 unspecified atom stereocenters. The fraction of sp³-hybridized carbons (Fsp3) is 0.400. The summed E-state index contributed by atoms with van der Waals surface area (Å²) in [4.78, 5) is 0. The number of methoxy groups -OCH3 is 1. The van der Waals surface area contributed by atoms with Crippen molar-refractivity contribution in [3.05, 3.63) is 42.0 Å². The highest BCUT2D eigenvalue weighted by atomic mass is 16.5. The molecule has 1 aromatic carbocycles. The van der Waals surface area contributed by atoms with Crippen molar-refractivity contribution < 1.29 is 9.84 Å². The maximum atomic E-state index is 10.6. The Bertz CT molecular complexity index is 472. The van der Waals surface area contributed by atoms with Crippen molar-refractivity contribution in [1.82, 2.24) is 0 Å². The van der Waals surface area contributed by atoms with E-state index in [1.807, 2.05) is 30.3 Å². The van der Waals surface area contributed by atoms with Crippen LogP contribution >= 0.6 is 0 Å². The van der Waals surface area contributed by atoms with Gasteiger partial charge in [-0.2, -0.15) is 5.26 Å². The van der Waals surface area contributed by atoms with Gasteiger partial charge in [0, 0.05) is 0 Å². The summed E-state index contributed by atoms with van der Waals surface area (Å²) in [6.45, 7) is 0. The minimum atomic E-state index is -1.04. The standard InChI is InChI=1S/C15H17NO2/c1-18-13-7-5-12(6-8-13)14(11-16)15(17)9-3-2-4-10-15/h3,5-9,14,17H,2,4,10H2,1H3. The lowest BCUT2D eigenvalue weighted by Crippen LogP contribution is -2.34. The summed E-state index contributed by atoms with van der Waals surface area (Å²) in [6.07, 6.45) is 6.25. The minimum Gasteiger partial charge on any atom is -0.497 e. The Morgan fingerprint density at radius 3 is 2.61 bits per heavy atom. The highest BCUT2D eigenvalue weighted by Crippen LogP contribution is 2.36. The Balaban J connectivity index is 2.30. The van der Waals surface area contributed by atoms with Crippen molar-refractivity contribution in [3.8, 4) is 11.8 Å². The van der Waals surface area contributed by atoms with Gasteiger partial charge in [-0.1, -0.05) is 24.3 Å². The average Bonchev–Trinajstić information content (AvgIpc) is 2.41. The summed E-state index contributed by atoms with van der Waals surface area (Å²) in [6, 6.07) is 9.53. The molecule has 0 amide bonds. The molecule has 0 radical (unpaired) electrons. The number of hydrogen-bond donors (Lipinski definition) is 1. The first-order valence-electron chi connectivity index (χ1n) is 6.13. The van der Waals surface area contributed by atoms with Gasteiger partial charge in [-0.25, -0.2) is 0 Å². The third kappa shape index (κ3) is 2.39. The number of benzene rings is 1. The first-order valence-corrected chi connectivity index (χ1v) is 6.13. The number of rotatable bonds is 3. The van der Waals surface area contributed by atoms with Crippen LogP contribution in [0.4, 0.5) is 0 Å². The summed E-state index contributed by atoms with van der Waals surface area (Å²) in [5, 5.41) is 19.9. The van der Waals surface area contributed by atoms with Crippen LogP contribution in [0.2, 0.25) is 0 Å². The zero-order valence-corrected chi connectivity index (χ0v) is 10.5. The van der Waals surface area contributed by atoms with Crippen molar-refractivity contribution in [1.29, 1.82) is 5.26 Å². The molecule has 0 aliphatic heterocycles. The van der Waals surface area contributed by atoms with Crippen LogP contribution in [0.5, 0.6) is 5.75 Å². The van der Waals surface area contributed by atoms with E-state index >= 15 is 0 Å². The highest BCUT2D eigenvalue weighted by Gasteiger charge is 2.36. The van der Waals surface area contributed by atoms with Gasteiger partial charge in [0.25, 0.3) is 0 Å². The second kappa shape index (κ2) is 5.24. The molecule has 2 atom stereocenters. The van der Waals surface area contributed by atoms with E-state index in [0.717, 1.165) is 24.2 Å². The van der Waals surface area contributed by atoms with Crippen LogP contribution < -0.4 is 4.74 Å². The van der Waals surface area contributed by atoms with Crippen LogP contribution in [0.15, 0.2) is 36.4 Å². The second-order valence-electron chi connectivity index (χ2n) is 4.62. The molecule has 1 aliphatic carbocycles. The zero-order valence-electron chi connectivity index (χ0n) is 10.5. The highest BCUT2D eigenvalue weighted by molar-refractivity contribution is 5.36. The Kier molecular flexibility index (Phi) is 3.69. The monoisotopic (exact) mass is 243 g/mol. The number of ether oxygens (including phenoxy) is 1. The van der Waals surface area contributed by atoms with Crippen LogP contribution in [-0.2, 0) is 0 Å². The number of hydrogen-bond acceptors (Lipinski definition) is 3. The average molecular weight is 243 g/mol. The summed E-state index contributed by atoms with van der Waals surface area (Å²) in [5.41, 5.74) is -0.214. The molecule has 2 rings (SSSR count). The van der Waals surface area contributed by atoms with Gasteiger partial charge in [0.15, 0.2) is 0 Å². The predicted molar refractivity (Wildman–Crippen MR) is 69.3 cm³/mol. The van der Waals surface area contributed by atoms with Gasteiger partial charge in [-0.15, -0.1) is 0 Å². The van der Waals surface area contributed by atoms with Gasteiger partial charge in [0.2, 0.25) is 0 Å². The molecule has 0 fully saturated rings. The van der Waals surface area contributed by atoms with Crippen molar-refractivity contribution in [2.24, 2.45) is 0 Å². The van der Waals surface area contributed by atoms with Crippen molar-refractivity contribution >= 4 is 0 Å². The Morgan fingerprint density at radius 2 is 2.11 bits per heavy atom. The fourth-order valence-electron chi connectivity index (χ4n) is 2.39. The molecule has 0 heterocycles. The summed E-state index contributed by atoms with van der Waals surface area (Å²) in [5.74, 6) is 0.224. The van der Waals surface area contributed by atoms with Crippen molar-refractivity contribution in [3.63, 3.8) is 0 Å². The molecule has 1 N–H and O–H groups in total. The number of nitriles is 1. The summed E-state index contributed by atoms with van der Waals surface area (Å²) in [7, 11) is 1.61. The second-order valence-corrected chi connectivity index (χ2v) is 4.62. The van der Waals surface area contributed by atoms with E-state index in [9.17, 15) is 10.4 Å².